The normalized spacial score (nSPS) is 21.2. The summed E-state index contributed by atoms with van der Waals surface area (Å²) >= 11 is 0. The van der Waals surface area contributed by atoms with E-state index in [-0.39, 0.29) is 30.3 Å². The predicted octanol–water partition coefficient (Wildman–Crippen LogP) is -1.51. The van der Waals surface area contributed by atoms with Crippen molar-refractivity contribution in [1.29, 1.82) is 0 Å². The maximum absolute atomic E-state index is 11.5. The SMILES string of the molecule is CCC1C(=O)NC(=O)CN1CCCC(=O)NN. The molecule has 0 aromatic heterocycles. The third-order valence-electron chi connectivity index (χ3n) is 2.75. The Bertz CT molecular complexity index is 319. The molecule has 1 saturated heterocycles. The number of hydrogen-bond donors (Lipinski definition) is 3. The van der Waals surface area contributed by atoms with Gasteiger partial charge in [-0.05, 0) is 19.4 Å². The number of rotatable bonds is 5. The number of hydrazine groups is 1. The van der Waals surface area contributed by atoms with Crippen molar-refractivity contribution < 1.29 is 14.4 Å². The second-order valence-electron chi connectivity index (χ2n) is 3.98. The average Bonchev–Trinajstić information content (AvgIpc) is 2.28. The van der Waals surface area contributed by atoms with Crippen LogP contribution in [-0.4, -0.2) is 41.8 Å². The molecular formula is C10H18N4O3. The zero-order valence-electron chi connectivity index (χ0n) is 9.86. The molecule has 1 aliphatic heterocycles. The summed E-state index contributed by atoms with van der Waals surface area (Å²) in [6, 6.07) is -0.284. The first-order valence-corrected chi connectivity index (χ1v) is 5.65. The number of hydrogen-bond acceptors (Lipinski definition) is 5. The molecule has 0 aliphatic carbocycles. The molecule has 1 aliphatic rings. The van der Waals surface area contributed by atoms with Gasteiger partial charge in [-0.3, -0.25) is 30.0 Å². The molecule has 0 aromatic rings. The minimum absolute atomic E-state index is 0.203. The smallest absolute Gasteiger partial charge is 0.243 e. The van der Waals surface area contributed by atoms with Gasteiger partial charge >= 0.3 is 0 Å². The average molecular weight is 242 g/mol. The molecule has 0 spiro atoms. The fraction of sp³-hybridized carbons (Fsp3) is 0.700. The van der Waals surface area contributed by atoms with Crippen molar-refractivity contribution in [3.63, 3.8) is 0 Å². The van der Waals surface area contributed by atoms with E-state index in [0.717, 1.165) is 0 Å². The molecule has 1 rings (SSSR count). The van der Waals surface area contributed by atoms with E-state index in [0.29, 0.717) is 25.8 Å². The van der Waals surface area contributed by atoms with Crippen LogP contribution in [0.15, 0.2) is 0 Å². The van der Waals surface area contributed by atoms with Crippen molar-refractivity contribution in [2.75, 3.05) is 13.1 Å². The van der Waals surface area contributed by atoms with Crippen LogP contribution in [0.4, 0.5) is 0 Å². The Kier molecular flexibility index (Phi) is 5.05. The lowest BCUT2D eigenvalue weighted by Gasteiger charge is -2.33. The summed E-state index contributed by atoms with van der Waals surface area (Å²) in [7, 11) is 0. The van der Waals surface area contributed by atoms with Crippen LogP contribution in [0.3, 0.4) is 0 Å². The van der Waals surface area contributed by atoms with Gasteiger partial charge in [0, 0.05) is 6.42 Å². The maximum Gasteiger partial charge on any atom is 0.243 e. The molecule has 1 atom stereocenters. The molecule has 4 N–H and O–H groups in total. The van der Waals surface area contributed by atoms with Crippen LogP contribution in [0, 0.1) is 0 Å². The van der Waals surface area contributed by atoms with Crippen LogP contribution in [0.1, 0.15) is 26.2 Å². The Morgan fingerprint density at radius 1 is 1.59 bits per heavy atom. The summed E-state index contributed by atoms with van der Waals surface area (Å²) in [6.07, 6.45) is 1.50. The monoisotopic (exact) mass is 242 g/mol. The highest BCUT2D eigenvalue weighted by atomic mass is 16.2. The van der Waals surface area contributed by atoms with Gasteiger partial charge in [0.05, 0.1) is 12.6 Å². The molecule has 0 aromatic carbocycles. The van der Waals surface area contributed by atoms with Crippen LogP contribution in [-0.2, 0) is 14.4 Å². The topological polar surface area (TPSA) is 105 Å². The Morgan fingerprint density at radius 3 is 2.88 bits per heavy atom. The first kappa shape index (κ1) is 13.6. The second kappa shape index (κ2) is 6.31. The van der Waals surface area contributed by atoms with Crippen LogP contribution in [0.2, 0.25) is 0 Å². The standard InChI is InChI=1S/C10H18N4O3/c1-2-7-10(17)12-9(16)6-14(7)5-3-4-8(15)13-11/h7H,2-6,11H2,1H3,(H,13,15)(H,12,16,17). The first-order chi connectivity index (χ1) is 8.08. The van der Waals surface area contributed by atoms with E-state index in [1.54, 1.807) is 4.90 Å². The van der Waals surface area contributed by atoms with E-state index < -0.39 is 0 Å². The van der Waals surface area contributed by atoms with Gasteiger partial charge in [0.15, 0.2) is 0 Å². The quantitative estimate of drug-likeness (QED) is 0.235. The van der Waals surface area contributed by atoms with E-state index >= 15 is 0 Å². The molecule has 0 bridgehead atoms. The lowest BCUT2D eigenvalue weighted by molar-refractivity contribution is -0.140. The highest BCUT2D eigenvalue weighted by molar-refractivity contribution is 6.01. The Morgan fingerprint density at radius 2 is 2.29 bits per heavy atom. The van der Waals surface area contributed by atoms with Gasteiger partial charge in [0.25, 0.3) is 0 Å². The van der Waals surface area contributed by atoms with E-state index in [1.807, 2.05) is 12.3 Å². The zero-order valence-corrected chi connectivity index (χ0v) is 9.86. The summed E-state index contributed by atoms with van der Waals surface area (Å²) < 4.78 is 0. The molecule has 1 heterocycles. The third-order valence-corrected chi connectivity index (χ3v) is 2.75. The summed E-state index contributed by atoms with van der Waals surface area (Å²) in [6.45, 7) is 2.62. The van der Waals surface area contributed by atoms with Gasteiger partial charge in [0.2, 0.25) is 17.7 Å². The summed E-state index contributed by atoms with van der Waals surface area (Å²) in [4.78, 5) is 35.5. The van der Waals surface area contributed by atoms with E-state index in [4.69, 9.17) is 5.84 Å². The van der Waals surface area contributed by atoms with Gasteiger partial charge in [-0.25, -0.2) is 5.84 Å². The second-order valence-corrected chi connectivity index (χ2v) is 3.98. The molecule has 1 unspecified atom stereocenters. The molecule has 17 heavy (non-hydrogen) atoms. The predicted molar refractivity (Wildman–Crippen MR) is 60.4 cm³/mol. The number of nitrogens with two attached hydrogens (primary N) is 1. The van der Waals surface area contributed by atoms with E-state index in [1.165, 1.54) is 0 Å². The Labute approximate surface area is 99.7 Å². The largest absolute Gasteiger partial charge is 0.294 e. The Hall–Kier alpha value is -1.47. The highest BCUT2D eigenvalue weighted by Gasteiger charge is 2.31. The molecule has 0 saturated carbocycles. The first-order valence-electron chi connectivity index (χ1n) is 5.65. The minimum Gasteiger partial charge on any atom is -0.294 e. The number of carbonyl (C=O) groups is 3. The lowest BCUT2D eigenvalue weighted by Crippen LogP contribution is -2.57. The molecule has 7 heteroatoms. The van der Waals surface area contributed by atoms with Gasteiger partial charge < -0.3 is 0 Å². The zero-order chi connectivity index (χ0) is 12.8. The van der Waals surface area contributed by atoms with Crippen molar-refractivity contribution in [1.82, 2.24) is 15.6 Å². The molecule has 3 amide bonds. The number of carbonyl (C=O) groups excluding carboxylic acids is 3. The van der Waals surface area contributed by atoms with Gasteiger partial charge in [-0.2, -0.15) is 0 Å². The molecule has 7 nitrogen and oxygen atoms in total. The van der Waals surface area contributed by atoms with E-state index in [9.17, 15) is 14.4 Å². The summed E-state index contributed by atoms with van der Waals surface area (Å²) in [5.41, 5.74) is 2.04. The molecule has 0 radical (unpaired) electrons. The van der Waals surface area contributed by atoms with Gasteiger partial charge in [0.1, 0.15) is 0 Å². The van der Waals surface area contributed by atoms with Crippen molar-refractivity contribution in [3.8, 4) is 0 Å². The number of nitrogens with zero attached hydrogens (tertiary/aromatic N) is 1. The third kappa shape index (κ3) is 3.79. The van der Waals surface area contributed by atoms with Crippen molar-refractivity contribution in [3.05, 3.63) is 0 Å². The highest BCUT2D eigenvalue weighted by Crippen LogP contribution is 2.10. The van der Waals surface area contributed by atoms with Crippen LogP contribution in [0.5, 0.6) is 0 Å². The lowest BCUT2D eigenvalue weighted by atomic mass is 10.1. The van der Waals surface area contributed by atoms with Crippen molar-refractivity contribution in [2.45, 2.75) is 32.2 Å². The summed E-state index contributed by atoms with van der Waals surface area (Å²) in [5.74, 6) is 4.17. The van der Waals surface area contributed by atoms with Crippen LogP contribution < -0.4 is 16.6 Å². The number of nitrogens with one attached hydrogen (secondary N) is 2. The molecule has 1 fully saturated rings. The molecule has 96 valence electrons. The number of piperazine rings is 1. The van der Waals surface area contributed by atoms with Crippen LogP contribution >= 0.6 is 0 Å². The van der Waals surface area contributed by atoms with Gasteiger partial charge in [-0.15, -0.1) is 0 Å². The van der Waals surface area contributed by atoms with Crippen LogP contribution in [0.25, 0.3) is 0 Å². The maximum atomic E-state index is 11.5. The number of imide groups is 1. The van der Waals surface area contributed by atoms with Crippen molar-refractivity contribution >= 4 is 17.7 Å². The fourth-order valence-electron chi connectivity index (χ4n) is 1.91. The minimum atomic E-state index is -0.289. The number of amides is 3. The molecular weight excluding hydrogens is 224 g/mol. The van der Waals surface area contributed by atoms with Crippen molar-refractivity contribution in [2.24, 2.45) is 5.84 Å². The summed E-state index contributed by atoms with van der Waals surface area (Å²) in [5, 5.41) is 2.30. The van der Waals surface area contributed by atoms with Gasteiger partial charge in [-0.1, -0.05) is 6.92 Å². The Balaban J connectivity index is 2.46. The fourth-order valence-corrected chi connectivity index (χ4v) is 1.91. The van der Waals surface area contributed by atoms with E-state index in [2.05, 4.69) is 5.32 Å².